The van der Waals surface area contributed by atoms with Gasteiger partial charge in [-0.3, -0.25) is 0 Å². The van der Waals surface area contributed by atoms with Gasteiger partial charge in [0.1, 0.15) is 0 Å². The van der Waals surface area contributed by atoms with Crippen LogP contribution in [0.3, 0.4) is 0 Å². The van der Waals surface area contributed by atoms with Crippen molar-refractivity contribution in [2.45, 2.75) is 25.9 Å². The molecule has 0 saturated carbocycles. The van der Waals surface area contributed by atoms with E-state index in [4.69, 9.17) is 16.0 Å². The molecule has 1 nitrogen and oxygen atoms in total. The Hall–Kier alpha value is -0.313. The van der Waals surface area contributed by atoms with E-state index in [1.807, 2.05) is 38.1 Å². The first-order chi connectivity index (χ1) is 6.05. The first-order valence-corrected chi connectivity index (χ1v) is 4.92. The van der Waals surface area contributed by atoms with Crippen LogP contribution in [0.4, 0.5) is 0 Å². The lowest BCUT2D eigenvalue weighted by Gasteiger charge is -2.23. The molecule has 0 amide bonds. The number of hydrogen-bond donors (Lipinski definition) is 0. The largest absolute Gasteiger partial charge is 0.413 e. The van der Waals surface area contributed by atoms with Crippen molar-refractivity contribution in [3.63, 3.8) is 0 Å². The lowest BCUT2D eigenvalue weighted by atomic mass is 9.99. The van der Waals surface area contributed by atoms with Gasteiger partial charge < -0.3 is 4.43 Å². The van der Waals surface area contributed by atoms with Gasteiger partial charge in [0, 0.05) is 11.4 Å². The zero-order valence-electron chi connectivity index (χ0n) is 7.80. The first kappa shape index (κ1) is 10.8. The first-order valence-electron chi connectivity index (χ1n) is 4.13. The van der Waals surface area contributed by atoms with Gasteiger partial charge in [0.15, 0.2) is 0 Å². The summed E-state index contributed by atoms with van der Waals surface area (Å²) < 4.78 is 5.14. The van der Waals surface area contributed by atoms with Crippen molar-refractivity contribution in [2.24, 2.45) is 0 Å². The fourth-order valence-electron chi connectivity index (χ4n) is 1.14. The Bertz CT molecular complexity index is 286. The van der Waals surface area contributed by atoms with Gasteiger partial charge in [0.2, 0.25) is 10.5 Å². The molecular formula is C10H12ClOSi. The van der Waals surface area contributed by atoms with Crippen LogP contribution in [0.2, 0.25) is 5.02 Å². The minimum absolute atomic E-state index is 0.234. The third-order valence-corrected chi connectivity index (χ3v) is 2.77. The lowest BCUT2D eigenvalue weighted by molar-refractivity contribution is 0.124. The van der Waals surface area contributed by atoms with E-state index in [2.05, 4.69) is 10.5 Å². The van der Waals surface area contributed by atoms with Crippen LogP contribution in [-0.2, 0) is 10.8 Å². The molecule has 0 fully saturated rings. The second kappa shape index (κ2) is 4.27. The van der Waals surface area contributed by atoms with E-state index in [9.17, 15) is 0 Å². The summed E-state index contributed by atoms with van der Waals surface area (Å²) in [5.74, 6) is 0. The minimum atomic E-state index is -0.234. The highest BCUT2D eigenvalue weighted by Gasteiger charge is 2.17. The zero-order valence-corrected chi connectivity index (χ0v) is 9.56. The fourth-order valence-corrected chi connectivity index (χ4v) is 1.41. The van der Waals surface area contributed by atoms with E-state index in [1.54, 1.807) is 0 Å². The Morgan fingerprint density at radius 3 is 2.54 bits per heavy atom. The maximum absolute atomic E-state index is 6.02. The summed E-state index contributed by atoms with van der Waals surface area (Å²) in [4.78, 5) is 0. The Labute approximate surface area is 87.6 Å². The molecule has 3 heteroatoms. The van der Waals surface area contributed by atoms with Gasteiger partial charge in [0.25, 0.3) is 0 Å². The third kappa shape index (κ3) is 3.14. The van der Waals surface area contributed by atoms with E-state index in [0.717, 1.165) is 17.0 Å². The van der Waals surface area contributed by atoms with E-state index >= 15 is 0 Å². The topological polar surface area (TPSA) is 9.23 Å². The van der Waals surface area contributed by atoms with Crippen molar-refractivity contribution in [1.82, 2.24) is 0 Å². The Balaban J connectivity index is 2.80. The molecule has 13 heavy (non-hydrogen) atoms. The van der Waals surface area contributed by atoms with Crippen molar-refractivity contribution in [1.29, 1.82) is 0 Å². The normalized spacial score (nSPS) is 11.7. The molecule has 0 unspecified atom stereocenters. The van der Waals surface area contributed by atoms with Crippen LogP contribution in [0.15, 0.2) is 24.3 Å². The average Bonchev–Trinajstić information content (AvgIpc) is 2.09. The highest BCUT2D eigenvalue weighted by atomic mass is 35.5. The molecule has 0 heterocycles. The molecule has 0 N–H and O–H groups in total. The number of hydrogen-bond acceptors (Lipinski definition) is 1. The quantitative estimate of drug-likeness (QED) is 0.699. The van der Waals surface area contributed by atoms with Crippen molar-refractivity contribution in [2.75, 3.05) is 0 Å². The molecule has 1 rings (SSSR count). The van der Waals surface area contributed by atoms with Gasteiger partial charge >= 0.3 is 0 Å². The minimum Gasteiger partial charge on any atom is -0.413 e. The smallest absolute Gasteiger partial charge is 0.246 e. The van der Waals surface area contributed by atoms with Gasteiger partial charge in [-0.05, 0) is 25.5 Å². The molecule has 0 bridgehead atoms. The summed E-state index contributed by atoms with van der Waals surface area (Å²) in [7, 11) is 3.06. The van der Waals surface area contributed by atoms with Crippen molar-refractivity contribution in [3.05, 3.63) is 34.9 Å². The van der Waals surface area contributed by atoms with E-state index in [1.165, 1.54) is 0 Å². The van der Waals surface area contributed by atoms with Crippen LogP contribution < -0.4 is 0 Å². The summed E-state index contributed by atoms with van der Waals surface area (Å²) >= 11 is 6.02. The molecule has 0 aliphatic rings. The third-order valence-electron chi connectivity index (χ3n) is 1.85. The number of rotatable bonds is 3. The van der Waals surface area contributed by atoms with Crippen molar-refractivity contribution >= 4 is 22.1 Å². The molecule has 0 spiro atoms. The van der Waals surface area contributed by atoms with Crippen molar-refractivity contribution < 1.29 is 4.43 Å². The Morgan fingerprint density at radius 2 is 2.00 bits per heavy atom. The van der Waals surface area contributed by atoms with Crippen LogP contribution in [0.1, 0.15) is 19.4 Å². The maximum Gasteiger partial charge on any atom is 0.246 e. The highest BCUT2D eigenvalue weighted by molar-refractivity contribution is 6.31. The van der Waals surface area contributed by atoms with Gasteiger partial charge in [-0.25, -0.2) is 0 Å². The fraction of sp³-hybridized carbons (Fsp3) is 0.400. The summed E-state index contributed by atoms with van der Waals surface area (Å²) in [6.45, 7) is 4.01. The Kier molecular flexibility index (Phi) is 3.53. The molecule has 69 valence electrons. The second-order valence-corrected chi connectivity index (χ2v) is 4.24. The molecule has 3 radical (unpaired) electrons. The van der Waals surface area contributed by atoms with Crippen LogP contribution in [0.5, 0.6) is 0 Å². The van der Waals surface area contributed by atoms with Crippen LogP contribution in [0, 0.1) is 0 Å². The number of benzene rings is 1. The van der Waals surface area contributed by atoms with Crippen LogP contribution in [-0.4, -0.2) is 16.1 Å². The monoisotopic (exact) mass is 211 g/mol. The van der Waals surface area contributed by atoms with E-state index in [0.29, 0.717) is 0 Å². The molecular weight excluding hydrogens is 200 g/mol. The van der Waals surface area contributed by atoms with Crippen LogP contribution in [0.25, 0.3) is 0 Å². The standard InChI is InChI=1S/C10H12ClOSi/c1-10(2,12-13)7-8-5-3-4-6-9(8)11/h3-6H,7H2,1-2H3. The van der Waals surface area contributed by atoms with Gasteiger partial charge in [0.05, 0.1) is 5.60 Å². The zero-order chi connectivity index (χ0) is 9.90. The second-order valence-electron chi connectivity index (χ2n) is 3.63. The van der Waals surface area contributed by atoms with Gasteiger partial charge in [-0.15, -0.1) is 0 Å². The molecule has 0 saturated heterocycles. The summed E-state index contributed by atoms with van der Waals surface area (Å²) in [5.41, 5.74) is 0.870. The molecule has 0 atom stereocenters. The molecule has 1 aromatic carbocycles. The van der Waals surface area contributed by atoms with E-state index in [-0.39, 0.29) is 5.60 Å². The predicted molar refractivity (Wildman–Crippen MR) is 56.1 cm³/mol. The van der Waals surface area contributed by atoms with Gasteiger partial charge in [-0.1, -0.05) is 29.8 Å². The summed E-state index contributed by atoms with van der Waals surface area (Å²) in [6, 6.07) is 7.80. The SMILES string of the molecule is CC(C)(Cc1ccccc1Cl)O[Si]. The highest BCUT2D eigenvalue weighted by Crippen LogP contribution is 2.22. The molecule has 0 aliphatic carbocycles. The summed E-state index contributed by atoms with van der Waals surface area (Å²) in [6.07, 6.45) is 0.788. The molecule has 0 aromatic heterocycles. The summed E-state index contributed by atoms with van der Waals surface area (Å²) in [5, 5.41) is 0.791. The lowest BCUT2D eigenvalue weighted by Crippen LogP contribution is -2.26. The predicted octanol–water partition coefficient (Wildman–Crippen LogP) is 2.76. The average molecular weight is 212 g/mol. The molecule has 1 aromatic rings. The van der Waals surface area contributed by atoms with E-state index < -0.39 is 0 Å². The van der Waals surface area contributed by atoms with Crippen molar-refractivity contribution in [3.8, 4) is 0 Å². The molecule has 0 aliphatic heterocycles. The van der Waals surface area contributed by atoms with Gasteiger partial charge in [-0.2, -0.15) is 0 Å². The Morgan fingerprint density at radius 1 is 1.38 bits per heavy atom. The maximum atomic E-state index is 6.02. The number of halogens is 1. The van der Waals surface area contributed by atoms with Crippen LogP contribution >= 0.6 is 11.6 Å².